The monoisotopic (exact) mass is 421 g/mol. The molecule has 9 heteroatoms. The van der Waals surface area contributed by atoms with Gasteiger partial charge in [-0.2, -0.15) is 4.52 Å². The summed E-state index contributed by atoms with van der Waals surface area (Å²) < 4.78 is 1.82. The van der Waals surface area contributed by atoms with Crippen LogP contribution in [-0.2, 0) is 11.2 Å². The van der Waals surface area contributed by atoms with Crippen LogP contribution in [-0.4, -0.2) is 81.3 Å². The molecular weight excluding hydrogens is 390 g/mol. The normalized spacial score (nSPS) is 18.8. The number of piperidine rings is 1. The molecule has 0 unspecified atom stereocenters. The highest BCUT2D eigenvalue weighted by molar-refractivity contribution is 5.85. The fourth-order valence-corrected chi connectivity index (χ4v) is 4.08. The summed E-state index contributed by atoms with van der Waals surface area (Å²) in [5.74, 6) is 2.73. The molecule has 4 heterocycles. The molecule has 0 aliphatic carbocycles. The number of amides is 1. The number of halogens is 1. The number of carbonyl (C=O) groups is 1. The Labute approximate surface area is 178 Å². The maximum absolute atomic E-state index is 12.6. The van der Waals surface area contributed by atoms with E-state index in [1.54, 1.807) is 0 Å². The summed E-state index contributed by atoms with van der Waals surface area (Å²) >= 11 is 0. The minimum Gasteiger partial charge on any atom is -0.355 e. The van der Waals surface area contributed by atoms with Crippen molar-refractivity contribution in [1.29, 1.82) is 0 Å². The van der Waals surface area contributed by atoms with E-state index in [2.05, 4.69) is 33.8 Å². The van der Waals surface area contributed by atoms with Gasteiger partial charge in [-0.25, -0.2) is 0 Å². The lowest BCUT2D eigenvalue weighted by Gasteiger charge is -2.34. The average Bonchev–Trinajstić information content (AvgIpc) is 3.15. The Morgan fingerprint density at radius 3 is 2.48 bits per heavy atom. The zero-order valence-corrected chi connectivity index (χ0v) is 18.3. The maximum Gasteiger partial charge on any atom is 0.223 e. The van der Waals surface area contributed by atoms with Gasteiger partial charge in [0.25, 0.3) is 0 Å². The van der Waals surface area contributed by atoms with Crippen LogP contribution in [0.1, 0.15) is 38.9 Å². The summed E-state index contributed by atoms with van der Waals surface area (Å²) in [6.07, 6.45) is 3.44. The molecule has 0 saturated carbocycles. The van der Waals surface area contributed by atoms with E-state index < -0.39 is 0 Å². The fraction of sp³-hybridized carbons (Fsp3) is 0.700. The molecule has 0 atom stereocenters. The first-order valence-electron chi connectivity index (χ1n) is 10.6. The molecule has 0 spiro atoms. The predicted octanol–water partition coefficient (Wildman–Crippen LogP) is 1.88. The van der Waals surface area contributed by atoms with Crippen LogP contribution in [0, 0.1) is 5.92 Å². The van der Waals surface area contributed by atoms with Crippen molar-refractivity contribution in [1.82, 2.24) is 29.6 Å². The van der Waals surface area contributed by atoms with Crippen molar-refractivity contribution in [3.63, 3.8) is 0 Å². The molecule has 0 aromatic carbocycles. The standard InChI is InChI=1S/C20H31N7O.ClH/c1-3-24-12-14-26(15-13-24)20(28)7-6-18-22-21-17-4-5-19(23-27(17)18)25-10-8-16(2)9-11-25;/h4-5,16H,3,6-15H2,1-2H3;1H. The summed E-state index contributed by atoms with van der Waals surface area (Å²) in [5, 5.41) is 13.3. The van der Waals surface area contributed by atoms with Gasteiger partial charge in [-0.05, 0) is 37.4 Å². The molecule has 2 fully saturated rings. The topological polar surface area (TPSA) is 69.9 Å². The van der Waals surface area contributed by atoms with E-state index in [1.807, 2.05) is 21.5 Å². The van der Waals surface area contributed by atoms with Crippen LogP contribution >= 0.6 is 12.4 Å². The van der Waals surface area contributed by atoms with E-state index >= 15 is 0 Å². The van der Waals surface area contributed by atoms with Crippen molar-refractivity contribution in [2.45, 2.75) is 39.5 Å². The number of hydrogen-bond donors (Lipinski definition) is 0. The smallest absolute Gasteiger partial charge is 0.223 e. The minimum atomic E-state index is 0. The first-order valence-corrected chi connectivity index (χ1v) is 10.6. The molecule has 29 heavy (non-hydrogen) atoms. The lowest BCUT2D eigenvalue weighted by molar-refractivity contribution is -0.132. The average molecular weight is 422 g/mol. The van der Waals surface area contributed by atoms with E-state index in [4.69, 9.17) is 5.10 Å². The second-order valence-electron chi connectivity index (χ2n) is 8.06. The SMILES string of the molecule is CCN1CCN(C(=O)CCc2nnc3ccc(N4CCC(C)CC4)nn23)CC1.Cl. The van der Waals surface area contributed by atoms with Crippen molar-refractivity contribution >= 4 is 29.8 Å². The van der Waals surface area contributed by atoms with Crippen molar-refractivity contribution in [3.8, 4) is 0 Å². The van der Waals surface area contributed by atoms with Crippen LogP contribution in [0.5, 0.6) is 0 Å². The van der Waals surface area contributed by atoms with Gasteiger partial charge in [0.15, 0.2) is 11.5 Å². The molecular formula is C20H32ClN7O. The second kappa shape index (κ2) is 9.71. The molecule has 2 aliphatic heterocycles. The molecule has 2 aliphatic rings. The van der Waals surface area contributed by atoms with Crippen LogP contribution in [0.4, 0.5) is 5.82 Å². The van der Waals surface area contributed by atoms with Gasteiger partial charge in [0.2, 0.25) is 5.91 Å². The van der Waals surface area contributed by atoms with Crippen molar-refractivity contribution in [2.24, 2.45) is 5.92 Å². The van der Waals surface area contributed by atoms with Gasteiger partial charge in [0.05, 0.1) is 0 Å². The summed E-state index contributed by atoms with van der Waals surface area (Å²) in [6.45, 7) is 11.2. The minimum absolute atomic E-state index is 0. The first kappa shape index (κ1) is 21.8. The van der Waals surface area contributed by atoms with Crippen LogP contribution in [0.2, 0.25) is 0 Å². The second-order valence-corrected chi connectivity index (χ2v) is 8.06. The molecule has 0 radical (unpaired) electrons. The number of carbonyl (C=O) groups excluding carboxylic acids is 1. The Kier molecular flexibility index (Phi) is 7.29. The number of likely N-dealkylation sites (N-methyl/N-ethyl adjacent to an activating group) is 1. The molecule has 2 saturated heterocycles. The van der Waals surface area contributed by atoms with E-state index in [-0.39, 0.29) is 18.3 Å². The molecule has 2 aromatic heterocycles. The van der Waals surface area contributed by atoms with Gasteiger partial charge in [-0.3, -0.25) is 4.79 Å². The van der Waals surface area contributed by atoms with Crippen LogP contribution in [0.25, 0.3) is 5.65 Å². The number of anilines is 1. The Bertz CT molecular complexity index is 810. The van der Waals surface area contributed by atoms with Crippen molar-refractivity contribution < 1.29 is 4.79 Å². The predicted molar refractivity (Wildman–Crippen MR) is 116 cm³/mol. The van der Waals surface area contributed by atoms with Crippen LogP contribution in [0.3, 0.4) is 0 Å². The highest BCUT2D eigenvalue weighted by atomic mass is 35.5. The van der Waals surface area contributed by atoms with Crippen molar-refractivity contribution in [2.75, 3.05) is 50.7 Å². The Morgan fingerprint density at radius 2 is 1.79 bits per heavy atom. The number of rotatable bonds is 5. The zero-order valence-electron chi connectivity index (χ0n) is 17.5. The molecule has 0 bridgehead atoms. The number of aryl methyl sites for hydroxylation is 1. The van der Waals surface area contributed by atoms with Crippen molar-refractivity contribution in [3.05, 3.63) is 18.0 Å². The highest BCUT2D eigenvalue weighted by Gasteiger charge is 2.21. The number of nitrogens with zero attached hydrogens (tertiary/aromatic N) is 7. The number of fused-ring (bicyclic) bond motifs is 1. The largest absolute Gasteiger partial charge is 0.355 e. The van der Waals surface area contributed by atoms with Gasteiger partial charge < -0.3 is 14.7 Å². The van der Waals surface area contributed by atoms with Gasteiger partial charge in [-0.1, -0.05) is 13.8 Å². The summed E-state index contributed by atoms with van der Waals surface area (Å²) in [7, 11) is 0. The molecule has 0 N–H and O–H groups in total. The maximum atomic E-state index is 12.6. The molecule has 2 aromatic rings. The van der Waals surface area contributed by atoms with Crippen LogP contribution in [0.15, 0.2) is 12.1 Å². The summed E-state index contributed by atoms with van der Waals surface area (Å²) in [6, 6.07) is 4.00. The van der Waals surface area contributed by atoms with E-state index in [9.17, 15) is 4.79 Å². The Morgan fingerprint density at radius 1 is 1.07 bits per heavy atom. The lowest BCUT2D eigenvalue weighted by Crippen LogP contribution is -2.48. The van der Waals surface area contributed by atoms with Gasteiger partial charge >= 0.3 is 0 Å². The summed E-state index contributed by atoms with van der Waals surface area (Å²) in [4.78, 5) is 19.3. The number of piperazine rings is 1. The summed E-state index contributed by atoms with van der Waals surface area (Å²) in [5.41, 5.74) is 0.744. The molecule has 160 valence electrons. The molecule has 4 rings (SSSR count). The lowest BCUT2D eigenvalue weighted by atomic mass is 9.99. The highest BCUT2D eigenvalue weighted by Crippen LogP contribution is 2.21. The van der Waals surface area contributed by atoms with Gasteiger partial charge in [0.1, 0.15) is 5.82 Å². The third kappa shape index (κ3) is 4.98. The van der Waals surface area contributed by atoms with E-state index in [0.29, 0.717) is 12.8 Å². The van der Waals surface area contributed by atoms with Gasteiger partial charge in [0, 0.05) is 52.1 Å². The fourth-order valence-electron chi connectivity index (χ4n) is 4.08. The molecule has 8 nitrogen and oxygen atoms in total. The van der Waals surface area contributed by atoms with E-state index in [1.165, 1.54) is 12.8 Å². The third-order valence-corrected chi connectivity index (χ3v) is 6.16. The molecule has 1 amide bonds. The first-order chi connectivity index (χ1) is 13.6. The zero-order chi connectivity index (χ0) is 19.5. The quantitative estimate of drug-likeness (QED) is 0.734. The van der Waals surface area contributed by atoms with Gasteiger partial charge in [-0.15, -0.1) is 27.7 Å². The third-order valence-electron chi connectivity index (χ3n) is 6.16. The number of aromatic nitrogens is 4. The number of hydrogen-bond acceptors (Lipinski definition) is 6. The Balaban J connectivity index is 0.00000240. The van der Waals surface area contributed by atoms with Crippen LogP contribution < -0.4 is 4.90 Å². The van der Waals surface area contributed by atoms with E-state index in [0.717, 1.165) is 69.0 Å². The Hall–Kier alpha value is -1.93.